The number of alkyl halides is 1. The number of ether oxygens (including phenoxy) is 1. The van der Waals surface area contributed by atoms with Crippen LogP contribution in [0.25, 0.3) is 0 Å². The van der Waals surface area contributed by atoms with Crippen LogP contribution in [-0.4, -0.2) is 29.0 Å². The highest BCUT2D eigenvalue weighted by atomic mass is 127. The summed E-state index contributed by atoms with van der Waals surface area (Å²) in [5.41, 5.74) is 4.24. The van der Waals surface area contributed by atoms with E-state index in [-0.39, 0.29) is 5.41 Å². The molecule has 0 aliphatic carbocycles. The molecule has 2 nitrogen and oxygen atoms in total. The SMILES string of the molecule is COc1ccc(CN2CC(c3ccccc3)(c3ccccc3)CCC2CI)cc1. The van der Waals surface area contributed by atoms with Crippen LogP contribution in [0, 0.1) is 0 Å². The number of piperidine rings is 1. The number of likely N-dealkylation sites (tertiary alicyclic amines) is 1. The van der Waals surface area contributed by atoms with Gasteiger partial charge >= 0.3 is 0 Å². The van der Waals surface area contributed by atoms with Crippen LogP contribution in [-0.2, 0) is 12.0 Å². The van der Waals surface area contributed by atoms with Gasteiger partial charge in [-0.15, -0.1) is 0 Å². The summed E-state index contributed by atoms with van der Waals surface area (Å²) in [6, 6.07) is 31.3. The van der Waals surface area contributed by atoms with Gasteiger partial charge in [0, 0.05) is 29.0 Å². The summed E-state index contributed by atoms with van der Waals surface area (Å²) in [5.74, 6) is 0.917. The molecule has 0 saturated carbocycles. The third-order valence-electron chi connectivity index (χ3n) is 6.27. The van der Waals surface area contributed by atoms with E-state index in [1.54, 1.807) is 7.11 Å². The fourth-order valence-electron chi connectivity index (χ4n) is 4.63. The van der Waals surface area contributed by atoms with Crippen LogP contribution < -0.4 is 4.74 Å². The molecule has 0 radical (unpaired) electrons. The molecule has 150 valence electrons. The Morgan fingerprint density at radius 2 is 1.48 bits per heavy atom. The lowest BCUT2D eigenvalue weighted by atomic mass is 9.68. The Morgan fingerprint density at radius 1 is 0.897 bits per heavy atom. The predicted molar refractivity (Wildman–Crippen MR) is 129 cm³/mol. The molecule has 0 bridgehead atoms. The van der Waals surface area contributed by atoms with Crippen LogP contribution in [0.2, 0.25) is 0 Å². The third-order valence-corrected chi connectivity index (χ3v) is 7.29. The first kappa shape index (κ1) is 20.4. The summed E-state index contributed by atoms with van der Waals surface area (Å²) in [5, 5.41) is 0. The Kier molecular flexibility index (Phi) is 6.56. The summed E-state index contributed by atoms with van der Waals surface area (Å²) in [4.78, 5) is 2.69. The van der Waals surface area contributed by atoms with Gasteiger partial charge in [-0.05, 0) is 41.7 Å². The Hall–Kier alpha value is -1.85. The highest BCUT2D eigenvalue weighted by Crippen LogP contribution is 2.42. The Bertz CT molecular complexity index is 856. The number of nitrogens with zero attached hydrogens (tertiary/aromatic N) is 1. The van der Waals surface area contributed by atoms with Crippen LogP contribution in [0.5, 0.6) is 5.75 Å². The van der Waals surface area contributed by atoms with Gasteiger partial charge < -0.3 is 4.74 Å². The van der Waals surface area contributed by atoms with Crippen molar-refractivity contribution in [2.24, 2.45) is 0 Å². The van der Waals surface area contributed by atoms with Crippen molar-refractivity contribution >= 4 is 22.6 Å². The fraction of sp³-hybridized carbons (Fsp3) is 0.308. The number of benzene rings is 3. The van der Waals surface area contributed by atoms with Gasteiger partial charge in [0.15, 0.2) is 0 Å². The van der Waals surface area contributed by atoms with Gasteiger partial charge in [-0.1, -0.05) is 95.4 Å². The van der Waals surface area contributed by atoms with Crippen molar-refractivity contribution < 1.29 is 4.74 Å². The van der Waals surface area contributed by atoms with Gasteiger partial charge in [-0.25, -0.2) is 0 Å². The fourth-order valence-corrected chi connectivity index (χ4v) is 5.63. The molecule has 3 aromatic carbocycles. The smallest absolute Gasteiger partial charge is 0.118 e. The molecule has 1 fully saturated rings. The van der Waals surface area contributed by atoms with Crippen LogP contribution in [0.15, 0.2) is 84.9 Å². The molecule has 1 unspecified atom stereocenters. The van der Waals surface area contributed by atoms with E-state index in [1.165, 1.54) is 29.5 Å². The van der Waals surface area contributed by atoms with Crippen molar-refractivity contribution in [1.29, 1.82) is 0 Å². The Morgan fingerprint density at radius 3 is 2.00 bits per heavy atom. The molecule has 4 rings (SSSR count). The molecule has 0 amide bonds. The van der Waals surface area contributed by atoms with E-state index in [0.29, 0.717) is 6.04 Å². The van der Waals surface area contributed by atoms with E-state index >= 15 is 0 Å². The van der Waals surface area contributed by atoms with Crippen molar-refractivity contribution in [3.8, 4) is 5.75 Å². The largest absolute Gasteiger partial charge is 0.497 e. The maximum absolute atomic E-state index is 5.34. The molecule has 0 aromatic heterocycles. The highest BCUT2D eigenvalue weighted by Gasteiger charge is 2.41. The number of hydrogen-bond donors (Lipinski definition) is 0. The maximum Gasteiger partial charge on any atom is 0.118 e. The molecular weight excluding hydrogens is 469 g/mol. The molecule has 0 N–H and O–H groups in total. The summed E-state index contributed by atoms with van der Waals surface area (Å²) >= 11 is 2.56. The molecule has 1 heterocycles. The normalized spacial score (nSPS) is 19.0. The number of hydrogen-bond acceptors (Lipinski definition) is 2. The van der Waals surface area contributed by atoms with Crippen molar-refractivity contribution in [2.75, 3.05) is 18.1 Å². The van der Waals surface area contributed by atoms with Gasteiger partial charge in [-0.2, -0.15) is 0 Å². The predicted octanol–water partition coefficient (Wildman–Crippen LogP) is 6.08. The Labute approximate surface area is 188 Å². The van der Waals surface area contributed by atoms with Crippen molar-refractivity contribution in [3.05, 3.63) is 102 Å². The molecule has 1 aliphatic heterocycles. The molecule has 0 spiro atoms. The Balaban J connectivity index is 1.69. The minimum absolute atomic E-state index is 0.0390. The van der Waals surface area contributed by atoms with E-state index in [9.17, 15) is 0 Å². The van der Waals surface area contributed by atoms with Gasteiger partial charge in [0.25, 0.3) is 0 Å². The molecular formula is C26H28INO. The van der Waals surface area contributed by atoms with Crippen LogP contribution in [0.4, 0.5) is 0 Å². The van der Waals surface area contributed by atoms with Gasteiger partial charge in [0.1, 0.15) is 5.75 Å². The van der Waals surface area contributed by atoms with E-state index in [4.69, 9.17) is 4.74 Å². The number of methoxy groups -OCH3 is 1. The average molecular weight is 497 g/mol. The third kappa shape index (κ3) is 4.36. The van der Waals surface area contributed by atoms with Gasteiger partial charge in [0.05, 0.1) is 7.11 Å². The first-order chi connectivity index (χ1) is 14.2. The second-order valence-electron chi connectivity index (χ2n) is 7.91. The topological polar surface area (TPSA) is 12.5 Å². The van der Waals surface area contributed by atoms with E-state index in [0.717, 1.165) is 23.3 Å². The van der Waals surface area contributed by atoms with Crippen molar-refractivity contribution in [2.45, 2.75) is 30.8 Å². The lowest BCUT2D eigenvalue weighted by Crippen LogP contribution is -2.51. The summed E-state index contributed by atoms with van der Waals surface area (Å²) < 4.78 is 6.50. The molecule has 3 aromatic rings. The zero-order valence-electron chi connectivity index (χ0n) is 16.9. The lowest BCUT2D eigenvalue weighted by molar-refractivity contribution is 0.110. The minimum atomic E-state index is 0.0390. The van der Waals surface area contributed by atoms with Gasteiger partial charge in [-0.3, -0.25) is 4.90 Å². The van der Waals surface area contributed by atoms with E-state index in [2.05, 4.69) is 112 Å². The first-order valence-electron chi connectivity index (χ1n) is 10.3. The lowest BCUT2D eigenvalue weighted by Gasteiger charge is -2.47. The zero-order valence-corrected chi connectivity index (χ0v) is 19.1. The van der Waals surface area contributed by atoms with Crippen molar-refractivity contribution in [1.82, 2.24) is 4.90 Å². The average Bonchev–Trinajstić information content (AvgIpc) is 2.80. The first-order valence-corrected chi connectivity index (χ1v) is 11.8. The standard InChI is InChI=1S/C26H28INO/c1-29-25-14-12-21(13-15-25)19-28-20-26(17-16-24(28)18-27,22-8-4-2-5-9-22)23-10-6-3-7-11-23/h2-15,24H,16-20H2,1H3. The molecule has 3 heteroatoms. The van der Waals surface area contributed by atoms with E-state index in [1.807, 2.05) is 0 Å². The quantitative estimate of drug-likeness (QED) is 0.302. The second-order valence-corrected chi connectivity index (χ2v) is 8.79. The summed E-state index contributed by atoms with van der Waals surface area (Å²) in [6.45, 7) is 2.01. The monoisotopic (exact) mass is 497 g/mol. The zero-order chi connectivity index (χ0) is 20.1. The number of rotatable bonds is 6. The summed E-state index contributed by atoms with van der Waals surface area (Å²) in [7, 11) is 1.72. The maximum atomic E-state index is 5.34. The molecule has 1 atom stereocenters. The number of halogens is 1. The second kappa shape index (κ2) is 9.31. The van der Waals surface area contributed by atoms with Crippen LogP contribution in [0.3, 0.4) is 0 Å². The summed E-state index contributed by atoms with van der Waals surface area (Å²) in [6.07, 6.45) is 2.40. The minimum Gasteiger partial charge on any atom is -0.497 e. The highest BCUT2D eigenvalue weighted by molar-refractivity contribution is 14.1. The van der Waals surface area contributed by atoms with E-state index < -0.39 is 0 Å². The molecule has 29 heavy (non-hydrogen) atoms. The molecule has 1 saturated heterocycles. The van der Waals surface area contributed by atoms with Gasteiger partial charge in [0.2, 0.25) is 0 Å². The van der Waals surface area contributed by atoms with Crippen LogP contribution >= 0.6 is 22.6 Å². The van der Waals surface area contributed by atoms with Crippen LogP contribution in [0.1, 0.15) is 29.5 Å². The van der Waals surface area contributed by atoms with Crippen molar-refractivity contribution in [3.63, 3.8) is 0 Å². The molecule has 1 aliphatic rings.